The Morgan fingerprint density at radius 1 is 1.00 bits per heavy atom. The second kappa shape index (κ2) is 6.95. The van der Waals surface area contributed by atoms with Crippen molar-refractivity contribution in [2.75, 3.05) is 16.7 Å². The quantitative estimate of drug-likeness (QED) is 0.829. The molecule has 0 saturated heterocycles. The first kappa shape index (κ1) is 15.8. The van der Waals surface area contributed by atoms with E-state index in [0.29, 0.717) is 22.8 Å². The molecule has 0 fully saturated rings. The normalized spacial score (nSPS) is 10.3. The van der Waals surface area contributed by atoms with Crippen LogP contribution >= 0.6 is 0 Å². The van der Waals surface area contributed by atoms with E-state index >= 15 is 0 Å². The lowest BCUT2D eigenvalue weighted by Crippen LogP contribution is -2.14. The van der Waals surface area contributed by atoms with E-state index in [1.54, 1.807) is 55.6 Å². The highest BCUT2D eigenvalue weighted by Gasteiger charge is 2.12. The van der Waals surface area contributed by atoms with Gasteiger partial charge in [0, 0.05) is 12.6 Å². The van der Waals surface area contributed by atoms with Crippen LogP contribution in [0.15, 0.2) is 48.5 Å². The van der Waals surface area contributed by atoms with Crippen molar-refractivity contribution in [3.63, 3.8) is 0 Å². The van der Waals surface area contributed by atoms with Crippen LogP contribution < -0.4 is 14.4 Å². The molecule has 0 saturated carbocycles. The third-order valence-electron chi connectivity index (χ3n) is 2.91. The number of rotatable bonds is 5. The van der Waals surface area contributed by atoms with Crippen LogP contribution in [-0.4, -0.2) is 21.4 Å². The highest BCUT2D eigenvalue weighted by atomic mass is 32.2. The van der Waals surface area contributed by atoms with Gasteiger partial charge in [-0.1, -0.05) is 0 Å². The largest absolute Gasteiger partial charge is 0.497 e. The van der Waals surface area contributed by atoms with E-state index < -0.39 is 10.9 Å². The number of amides is 1. The van der Waals surface area contributed by atoms with E-state index in [0.717, 1.165) is 0 Å². The highest BCUT2D eigenvalue weighted by Crippen LogP contribution is 2.28. The van der Waals surface area contributed by atoms with E-state index in [-0.39, 0.29) is 5.91 Å². The maximum Gasteiger partial charge on any atom is 0.229 e. The Labute approximate surface area is 130 Å². The molecule has 1 amide bonds. The number of nitrogens with one attached hydrogen (secondary N) is 1. The van der Waals surface area contributed by atoms with Gasteiger partial charge >= 0.3 is 0 Å². The van der Waals surface area contributed by atoms with Gasteiger partial charge in [0.25, 0.3) is 0 Å². The first-order valence-corrected chi connectivity index (χ1v) is 7.60. The molecule has 0 bridgehead atoms. The van der Waals surface area contributed by atoms with Gasteiger partial charge in [-0.25, -0.2) is 12.7 Å². The number of ether oxygens (including phenoxy) is 1. The smallest absolute Gasteiger partial charge is 0.229 e. The summed E-state index contributed by atoms with van der Waals surface area (Å²) in [4.78, 5) is 11.0. The first-order chi connectivity index (χ1) is 10.5. The van der Waals surface area contributed by atoms with Gasteiger partial charge in [-0.2, -0.15) is 0 Å². The molecule has 1 N–H and O–H groups in total. The molecule has 22 heavy (non-hydrogen) atoms. The minimum atomic E-state index is -2.85. The van der Waals surface area contributed by atoms with Crippen LogP contribution in [0.3, 0.4) is 0 Å². The molecule has 2 rings (SSSR count). The molecule has 0 aromatic heterocycles. The zero-order valence-electron chi connectivity index (χ0n) is 12.1. The van der Waals surface area contributed by atoms with Crippen molar-refractivity contribution < 1.29 is 17.9 Å². The number of nitrogens with zero attached hydrogens (tertiary/aromatic N) is 1. The van der Waals surface area contributed by atoms with E-state index in [4.69, 9.17) is 4.74 Å². The van der Waals surface area contributed by atoms with Crippen LogP contribution in [0.5, 0.6) is 5.75 Å². The second-order valence-corrected chi connectivity index (χ2v) is 5.35. The third-order valence-corrected chi connectivity index (χ3v) is 3.70. The molecule has 0 aliphatic heterocycles. The second-order valence-electron chi connectivity index (χ2n) is 4.48. The van der Waals surface area contributed by atoms with Crippen LogP contribution in [0.25, 0.3) is 0 Å². The van der Waals surface area contributed by atoms with Crippen molar-refractivity contribution in [1.82, 2.24) is 0 Å². The zero-order chi connectivity index (χ0) is 16.1. The van der Waals surface area contributed by atoms with E-state index in [1.165, 1.54) is 11.2 Å². The molecule has 0 atom stereocenters. The number of hydrogen-bond donors (Lipinski definition) is 2. The summed E-state index contributed by atoms with van der Waals surface area (Å²) in [6.45, 7) is 1.41. The Bertz CT molecular complexity index is 716. The van der Waals surface area contributed by atoms with Gasteiger partial charge < -0.3 is 10.1 Å². The minimum absolute atomic E-state index is 0.185. The summed E-state index contributed by atoms with van der Waals surface area (Å²) < 4.78 is 29.4. The Kier molecular flexibility index (Phi) is 5.00. The topological polar surface area (TPSA) is 75.7 Å². The zero-order valence-corrected chi connectivity index (χ0v) is 13.0. The Balaban J connectivity index is 2.33. The van der Waals surface area contributed by atoms with Gasteiger partial charge in [0.15, 0.2) is 0 Å². The van der Waals surface area contributed by atoms with Crippen molar-refractivity contribution in [3.8, 4) is 5.75 Å². The molecule has 2 aromatic rings. The van der Waals surface area contributed by atoms with Crippen molar-refractivity contribution in [1.29, 1.82) is 0 Å². The molecule has 7 heteroatoms. The highest BCUT2D eigenvalue weighted by molar-refractivity contribution is 7.74. The maximum atomic E-state index is 11.6. The van der Waals surface area contributed by atoms with Gasteiger partial charge in [0.2, 0.25) is 16.8 Å². The summed E-state index contributed by atoms with van der Waals surface area (Å²) in [5, 5.41) is 2.63. The SMILES string of the molecule is COc1ccc(N(c2ccc(NC(C)=O)cc2)[SH](=O)=O)cc1. The third kappa shape index (κ3) is 3.76. The lowest BCUT2D eigenvalue weighted by atomic mass is 10.2. The van der Waals surface area contributed by atoms with Crippen LogP contribution in [-0.2, 0) is 15.7 Å². The van der Waals surface area contributed by atoms with E-state index in [9.17, 15) is 13.2 Å². The molecule has 0 spiro atoms. The lowest BCUT2D eigenvalue weighted by Gasteiger charge is -2.18. The lowest BCUT2D eigenvalue weighted by molar-refractivity contribution is -0.114. The molecule has 0 unspecified atom stereocenters. The molecular weight excluding hydrogens is 304 g/mol. The van der Waals surface area contributed by atoms with Gasteiger partial charge in [-0.15, -0.1) is 0 Å². The van der Waals surface area contributed by atoms with E-state index in [2.05, 4.69) is 5.32 Å². The number of carbonyl (C=O) groups excluding carboxylic acids is 1. The van der Waals surface area contributed by atoms with Crippen LogP contribution in [0.4, 0.5) is 17.1 Å². The number of anilines is 3. The van der Waals surface area contributed by atoms with Gasteiger partial charge in [-0.3, -0.25) is 4.79 Å². The summed E-state index contributed by atoms with van der Waals surface area (Å²) in [7, 11) is -1.31. The van der Waals surface area contributed by atoms with Crippen LogP contribution in [0.1, 0.15) is 6.92 Å². The molecule has 0 aliphatic rings. The van der Waals surface area contributed by atoms with Crippen molar-refractivity contribution in [2.45, 2.75) is 6.92 Å². The predicted octanol–water partition coefficient (Wildman–Crippen LogP) is 2.32. The monoisotopic (exact) mass is 320 g/mol. The summed E-state index contributed by atoms with van der Waals surface area (Å²) in [5.74, 6) is 0.459. The van der Waals surface area contributed by atoms with Crippen molar-refractivity contribution in [3.05, 3.63) is 48.5 Å². The first-order valence-electron chi connectivity index (χ1n) is 6.47. The summed E-state index contributed by atoms with van der Waals surface area (Å²) in [5.41, 5.74) is 1.59. The molecule has 0 radical (unpaired) electrons. The average molecular weight is 320 g/mol. The fraction of sp³-hybridized carbons (Fsp3) is 0.133. The predicted molar refractivity (Wildman–Crippen MR) is 86.2 cm³/mol. The molecule has 116 valence electrons. The van der Waals surface area contributed by atoms with Crippen LogP contribution in [0.2, 0.25) is 0 Å². The van der Waals surface area contributed by atoms with Gasteiger partial charge in [0.1, 0.15) is 5.75 Å². The van der Waals surface area contributed by atoms with Gasteiger partial charge in [-0.05, 0) is 48.5 Å². The van der Waals surface area contributed by atoms with Crippen LogP contribution in [0, 0.1) is 0 Å². The maximum absolute atomic E-state index is 11.6. The minimum Gasteiger partial charge on any atom is -0.497 e. The average Bonchev–Trinajstić information content (AvgIpc) is 2.49. The number of methoxy groups -OCH3 is 1. The molecule has 2 aromatic carbocycles. The number of thiol groups is 1. The Morgan fingerprint density at radius 3 is 1.91 bits per heavy atom. The Morgan fingerprint density at radius 2 is 1.50 bits per heavy atom. The summed E-state index contributed by atoms with van der Waals surface area (Å²) in [6, 6.07) is 13.2. The molecule has 0 heterocycles. The summed E-state index contributed by atoms with van der Waals surface area (Å²) in [6.07, 6.45) is 0. The molecule has 6 nitrogen and oxygen atoms in total. The Hall–Kier alpha value is -2.54. The summed E-state index contributed by atoms with van der Waals surface area (Å²) >= 11 is 0. The fourth-order valence-corrected chi connectivity index (χ4v) is 2.59. The fourth-order valence-electron chi connectivity index (χ4n) is 1.95. The standard InChI is InChI=1S/C15H16N2O4S/c1-11(18)16-12-3-5-13(6-4-12)17(22(19)20)14-7-9-15(21-2)10-8-14/h3-10,22H,1-2H3,(H,16,18). The van der Waals surface area contributed by atoms with Gasteiger partial charge in [0.05, 0.1) is 18.5 Å². The number of hydrogen-bond acceptors (Lipinski definition) is 4. The van der Waals surface area contributed by atoms with Crippen molar-refractivity contribution >= 4 is 33.9 Å². The number of carbonyl (C=O) groups is 1. The van der Waals surface area contributed by atoms with E-state index in [1.807, 2.05) is 0 Å². The number of benzene rings is 2. The molecular formula is C15H16N2O4S. The molecule has 0 aliphatic carbocycles. The van der Waals surface area contributed by atoms with Crippen molar-refractivity contribution in [2.24, 2.45) is 0 Å².